The van der Waals surface area contributed by atoms with E-state index in [9.17, 15) is 8.42 Å². The van der Waals surface area contributed by atoms with E-state index in [4.69, 9.17) is 0 Å². The Morgan fingerprint density at radius 2 is 1.86 bits per heavy atom. The van der Waals surface area contributed by atoms with Gasteiger partial charge in [0.05, 0.1) is 5.75 Å². The zero-order chi connectivity index (χ0) is 15.3. The van der Waals surface area contributed by atoms with Gasteiger partial charge in [-0.3, -0.25) is 0 Å². The van der Waals surface area contributed by atoms with E-state index in [0.29, 0.717) is 12.5 Å². The average molecular weight is 317 g/mol. The number of nitrogens with zero attached hydrogens (tertiary/aromatic N) is 1. The molecule has 6 heteroatoms. The molecule has 2 rings (SSSR count). The summed E-state index contributed by atoms with van der Waals surface area (Å²) in [4.78, 5) is 2.31. The lowest BCUT2D eigenvalue weighted by Crippen LogP contribution is -2.44. The summed E-state index contributed by atoms with van der Waals surface area (Å²) in [5.74, 6) is 0.856. The van der Waals surface area contributed by atoms with E-state index < -0.39 is 10.0 Å². The molecule has 2 N–H and O–H groups in total. The van der Waals surface area contributed by atoms with Gasteiger partial charge >= 0.3 is 0 Å². The maximum absolute atomic E-state index is 12.2. The van der Waals surface area contributed by atoms with Gasteiger partial charge in [0, 0.05) is 6.54 Å². The molecular formula is C15H31N3O2S. The molecule has 0 aliphatic carbocycles. The smallest absolute Gasteiger partial charge is 0.211 e. The quantitative estimate of drug-likeness (QED) is 0.768. The summed E-state index contributed by atoms with van der Waals surface area (Å²) in [7, 11) is -0.988. The number of sulfonamides is 1. The molecule has 0 aromatic heterocycles. The molecule has 0 aromatic carbocycles. The molecule has 0 saturated carbocycles. The van der Waals surface area contributed by atoms with Gasteiger partial charge in [0.1, 0.15) is 0 Å². The maximum atomic E-state index is 12.2. The van der Waals surface area contributed by atoms with Crippen LogP contribution in [0.25, 0.3) is 0 Å². The summed E-state index contributed by atoms with van der Waals surface area (Å²) < 4.78 is 27.2. The van der Waals surface area contributed by atoms with Crippen LogP contribution in [0.2, 0.25) is 0 Å². The monoisotopic (exact) mass is 317 g/mol. The fraction of sp³-hybridized carbons (Fsp3) is 1.00. The van der Waals surface area contributed by atoms with Crippen LogP contribution in [0.3, 0.4) is 0 Å². The van der Waals surface area contributed by atoms with E-state index >= 15 is 0 Å². The second-order valence-corrected chi connectivity index (χ2v) is 9.16. The Balaban J connectivity index is 1.73. The average Bonchev–Trinajstić information content (AvgIpc) is 2.48. The van der Waals surface area contributed by atoms with Crippen molar-refractivity contribution < 1.29 is 8.42 Å². The molecule has 124 valence electrons. The van der Waals surface area contributed by atoms with Crippen molar-refractivity contribution in [2.75, 3.05) is 45.5 Å². The van der Waals surface area contributed by atoms with E-state index in [0.717, 1.165) is 58.3 Å². The van der Waals surface area contributed by atoms with E-state index in [2.05, 4.69) is 28.9 Å². The highest BCUT2D eigenvalue weighted by molar-refractivity contribution is 7.89. The highest BCUT2D eigenvalue weighted by Gasteiger charge is 2.30. The van der Waals surface area contributed by atoms with E-state index in [-0.39, 0.29) is 11.2 Å². The van der Waals surface area contributed by atoms with Crippen molar-refractivity contribution in [1.82, 2.24) is 14.9 Å². The Hall–Kier alpha value is -0.170. The van der Waals surface area contributed by atoms with Crippen LogP contribution in [0.5, 0.6) is 0 Å². The minimum absolute atomic E-state index is 0.119. The predicted molar refractivity (Wildman–Crippen MR) is 86.8 cm³/mol. The third kappa shape index (κ3) is 5.85. The lowest BCUT2D eigenvalue weighted by atomic mass is 9.81. The number of hydrogen-bond acceptors (Lipinski definition) is 4. The summed E-state index contributed by atoms with van der Waals surface area (Å²) in [6.45, 7) is 6.98. The normalized spacial score (nSPS) is 25.0. The minimum Gasteiger partial charge on any atom is -0.317 e. The van der Waals surface area contributed by atoms with Gasteiger partial charge in [-0.15, -0.1) is 0 Å². The van der Waals surface area contributed by atoms with Crippen LogP contribution in [0.15, 0.2) is 0 Å². The van der Waals surface area contributed by atoms with Crippen LogP contribution in [0.4, 0.5) is 0 Å². The SMILES string of the molecule is CN1CCC(C)(CNS(=O)(=O)CCC2CCNCC2)CC1. The molecule has 0 amide bonds. The van der Waals surface area contributed by atoms with Crippen LogP contribution in [0.1, 0.15) is 39.0 Å². The summed E-state index contributed by atoms with van der Waals surface area (Å²) in [6, 6.07) is 0. The van der Waals surface area contributed by atoms with E-state index in [1.165, 1.54) is 0 Å². The lowest BCUT2D eigenvalue weighted by Gasteiger charge is -2.37. The van der Waals surface area contributed by atoms with Gasteiger partial charge in [-0.25, -0.2) is 13.1 Å². The van der Waals surface area contributed by atoms with Gasteiger partial charge in [-0.2, -0.15) is 0 Å². The van der Waals surface area contributed by atoms with Gasteiger partial charge in [0.25, 0.3) is 0 Å². The zero-order valence-electron chi connectivity index (χ0n) is 13.5. The van der Waals surface area contributed by atoms with Gasteiger partial charge in [0.15, 0.2) is 0 Å². The second-order valence-electron chi connectivity index (χ2n) is 7.24. The van der Waals surface area contributed by atoms with Crippen LogP contribution in [0, 0.1) is 11.3 Å². The second kappa shape index (κ2) is 7.40. The lowest BCUT2D eigenvalue weighted by molar-refractivity contribution is 0.143. The molecular weight excluding hydrogens is 286 g/mol. The standard InChI is InChI=1S/C15H31N3O2S/c1-15(6-10-18(2)11-7-15)13-17-21(19,20)12-5-14-3-8-16-9-4-14/h14,16-17H,3-13H2,1-2H3. The van der Waals surface area contributed by atoms with E-state index in [1.54, 1.807) is 0 Å². The van der Waals surface area contributed by atoms with Crippen LogP contribution in [-0.4, -0.2) is 58.8 Å². The molecule has 0 radical (unpaired) electrons. The van der Waals surface area contributed by atoms with Crippen molar-refractivity contribution in [1.29, 1.82) is 0 Å². The first-order valence-corrected chi connectivity index (χ1v) is 9.90. The van der Waals surface area contributed by atoms with Gasteiger partial charge in [-0.1, -0.05) is 6.92 Å². The van der Waals surface area contributed by atoms with Crippen LogP contribution in [-0.2, 0) is 10.0 Å². The van der Waals surface area contributed by atoms with Crippen LogP contribution < -0.4 is 10.0 Å². The summed E-state index contributed by atoms with van der Waals surface area (Å²) in [6.07, 6.45) is 5.16. The van der Waals surface area contributed by atoms with Crippen molar-refractivity contribution >= 4 is 10.0 Å². The molecule has 2 aliphatic heterocycles. The number of piperidine rings is 2. The summed E-state index contributed by atoms with van der Waals surface area (Å²) in [5, 5.41) is 3.32. The number of likely N-dealkylation sites (tertiary alicyclic amines) is 1. The van der Waals surface area contributed by atoms with Crippen molar-refractivity contribution in [3.63, 3.8) is 0 Å². The fourth-order valence-electron chi connectivity index (χ4n) is 3.18. The maximum Gasteiger partial charge on any atom is 0.211 e. The Labute approximate surface area is 129 Å². The fourth-order valence-corrected chi connectivity index (χ4v) is 4.54. The zero-order valence-corrected chi connectivity index (χ0v) is 14.3. The third-order valence-corrected chi connectivity index (χ3v) is 6.52. The highest BCUT2D eigenvalue weighted by atomic mass is 32.2. The first kappa shape index (κ1) is 17.2. The number of rotatable bonds is 6. The van der Waals surface area contributed by atoms with E-state index in [1.807, 2.05) is 0 Å². The summed E-state index contributed by atoms with van der Waals surface area (Å²) >= 11 is 0. The molecule has 2 fully saturated rings. The molecule has 0 aromatic rings. The molecule has 0 atom stereocenters. The first-order valence-electron chi connectivity index (χ1n) is 8.25. The molecule has 0 unspecified atom stereocenters. The van der Waals surface area contributed by atoms with Gasteiger partial charge in [0.2, 0.25) is 10.0 Å². The number of hydrogen-bond donors (Lipinski definition) is 2. The molecule has 2 saturated heterocycles. The molecule has 0 spiro atoms. The van der Waals surface area contributed by atoms with Crippen LogP contribution >= 0.6 is 0 Å². The minimum atomic E-state index is -3.12. The summed E-state index contributed by atoms with van der Waals surface area (Å²) in [5.41, 5.74) is 0.119. The van der Waals surface area contributed by atoms with Crippen molar-refractivity contribution in [3.8, 4) is 0 Å². The largest absolute Gasteiger partial charge is 0.317 e. The molecule has 5 nitrogen and oxygen atoms in total. The van der Waals surface area contributed by atoms with Gasteiger partial charge < -0.3 is 10.2 Å². The molecule has 0 bridgehead atoms. The van der Waals surface area contributed by atoms with Crippen molar-refractivity contribution in [2.45, 2.75) is 39.0 Å². The Morgan fingerprint density at radius 1 is 1.24 bits per heavy atom. The Morgan fingerprint density at radius 3 is 2.48 bits per heavy atom. The van der Waals surface area contributed by atoms with Crippen molar-refractivity contribution in [2.24, 2.45) is 11.3 Å². The highest BCUT2D eigenvalue weighted by Crippen LogP contribution is 2.29. The predicted octanol–water partition coefficient (Wildman–Crippen LogP) is 1.03. The third-order valence-electron chi connectivity index (χ3n) is 5.17. The Kier molecular flexibility index (Phi) is 6.05. The Bertz CT molecular complexity index is 411. The number of nitrogens with one attached hydrogen (secondary N) is 2. The van der Waals surface area contributed by atoms with Gasteiger partial charge in [-0.05, 0) is 76.7 Å². The molecule has 2 aliphatic rings. The topological polar surface area (TPSA) is 61.4 Å². The molecule has 21 heavy (non-hydrogen) atoms. The first-order chi connectivity index (χ1) is 9.89. The molecule has 2 heterocycles. The van der Waals surface area contributed by atoms with Crippen molar-refractivity contribution in [3.05, 3.63) is 0 Å².